The van der Waals surface area contributed by atoms with E-state index in [9.17, 15) is 35.1 Å². The Bertz CT molecular complexity index is 1180. The molecule has 0 bridgehead atoms. The first-order valence-electron chi connectivity index (χ1n) is 9.37. The molecule has 0 saturated carbocycles. The summed E-state index contributed by atoms with van der Waals surface area (Å²) in [5.41, 5.74) is -1.88. The van der Waals surface area contributed by atoms with Crippen LogP contribution in [0.25, 0.3) is 22.3 Å². The molecule has 0 amide bonds. The van der Waals surface area contributed by atoms with E-state index in [0.29, 0.717) is 30.5 Å². The van der Waals surface area contributed by atoms with Gasteiger partial charge in [0.1, 0.15) is 29.1 Å². The van der Waals surface area contributed by atoms with Crippen molar-refractivity contribution in [1.29, 1.82) is 0 Å². The van der Waals surface area contributed by atoms with Crippen LogP contribution in [-0.2, 0) is 6.42 Å². The third kappa shape index (κ3) is 5.10. The molecule has 3 aromatic carbocycles. The highest BCUT2D eigenvalue weighted by atomic mass is 19.4. The summed E-state index contributed by atoms with van der Waals surface area (Å²) in [5, 5.41) is 0. The molecule has 0 N–H and O–H groups in total. The summed E-state index contributed by atoms with van der Waals surface area (Å²) in [4.78, 5) is 0. The van der Waals surface area contributed by atoms with E-state index in [1.807, 2.05) is 6.92 Å². The molecule has 0 aromatic heterocycles. The van der Waals surface area contributed by atoms with Gasteiger partial charge in [-0.1, -0.05) is 31.4 Å². The van der Waals surface area contributed by atoms with E-state index in [1.54, 1.807) is 0 Å². The maximum Gasteiger partial charge on any atom is 0.458 e. The highest BCUT2D eigenvalue weighted by Crippen LogP contribution is 2.33. The molecule has 0 aliphatic carbocycles. The van der Waals surface area contributed by atoms with Gasteiger partial charge < -0.3 is 0 Å². The SMILES string of the molecule is CCCc1cc(F)c(-c2ccc(-c3cc(F)c(C#CC(F)(F)F)c(F)c3)c(F)c2)c(F)c1. The zero-order chi connectivity index (χ0) is 23.6. The van der Waals surface area contributed by atoms with Crippen molar-refractivity contribution in [3.05, 3.63) is 82.7 Å². The van der Waals surface area contributed by atoms with Crippen molar-refractivity contribution in [3.8, 4) is 34.1 Å². The number of rotatable bonds is 4. The molecular formula is C24H14F8. The Hall–Kier alpha value is -3.34. The van der Waals surface area contributed by atoms with Gasteiger partial charge in [0, 0.05) is 11.5 Å². The zero-order valence-corrected chi connectivity index (χ0v) is 16.5. The molecule has 0 aliphatic heterocycles. The zero-order valence-electron chi connectivity index (χ0n) is 16.5. The lowest BCUT2D eigenvalue weighted by atomic mass is 9.96. The highest BCUT2D eigenvalue weighted by molar-refractivity contribution is 5.72. The van der Waals surface area contributed by atoms with Crippen LogP contribution >= 0.6 is 0 Å². The molecule has 0 heterocycles. The van der Waals surface area contributed by atoms with Crippen LogP contribution in [0, 0.1) is 40.9 Å². The second-order valence-corrected chi connectivity index (χ2v) is 6.94. The summed E-state index contributed by atoms with van der Waals surface area (Å²) in [7, 11) is 0. The average Bonchev–Trinajstić information content (AvgIpc) is 2.66. The van der Waals surface area contributed by atoms with Gasteiger partial charge in [0.05, 0.1) is 11.1 Å². The molecule has 0 aliphatic rings. The minimum Gasteiger partial charge on any atom is -0.206 e. The first kappa shape index (κ1) is 23.3. The summed E-state index contributed by atoms with van der Waals surface area (Å²) in [6.07, 6.45) is -3.81. The predicted molar refractivity (Wildman–Crippen MR) is 104 cm³/mol. The van der Waals surface area contributed by atoms with Gasteiger partial charge in [-0.25, -0.2) is 22.0 Å². The molecular weight excluding hydrogens is 440 g/mol. The Labute approximate surface area is 178 Å². The van der Waals surface area contributed by atoms with E-state index < -0.39 is 46.4 Å². The van der Waals surface area contributed by atoms with E-state index >= 15 is 0 Å². The van der Waals surface area contributed by atoms with Crippen LogP contribution in [0.3, 0.4) is 0 Å². The molecule has 3 rings (SSSR count). The lowest BCUT2D eigenvalue weighted by molar-refractivity contribution is -0.0696. The molecule has 0 unspecified atom stereocenters. The third-order valence-corrected chi connectivity index (χ3v) is 4.58. The number of hydrogen-bond acceptors (Lipinski definition) is 0. The standard InChI is InChI=1S/C24H14F8/c1-2-3-13-8-21(28)23(22(29)9-13)14-4-5-16(18(25)10-14)15-11-19(26)17(20(27)12-15)6-7-24(30,31)32/h4-5,8-12H,2-3H2,1H3. The Morgan fingerprint density at radius 3 is 1.78 bits per heavy atom. The molecule has 0 saturated heterocycles. The van der Waals surface area contributed by atoms with Gasteiger partial charge in [0.25, 0.3) is 0 Å². The van der Waals surface area contributed by atoms with E-state index in [0.717, 1.165) is 30.2 Å². The van der Waals surface area contributed by atoms with E-state index in [1.165, 1.54) is 12.0 Å². The molecule has 0 fully saturated rings. The minimum absolute atomic E-state index is 0.127. The minimum atomic E-state index is -4.95. The van der Waals surface area contributed by atoms with Gasteiger partial charge in [-0.15, -0.1) is 0 Å². The summed E-state index contributed by atoms with van der Waals surface area (Å²) in [6, 6.07) is 6.61. The van der Waals surface area contributed by atoms with Gasteiger partial charge in [-0.2, -0.15) is 13.2 Å². The second-order valence-electron chi connectivity index (χ2n) is 6.94. The van der Waals surface area contributed by atoms with Crippen molar-refractivity contribution < 1.29 is 35.1 Å². The smallest absolute Gasteiger partial charge is 0.206 e. The van der Waals surface area contributed by atoms with Crippen LogP contribution in [0.2, 0.25) is 0 Å². The third-order valence-electron chi connectivity index (χ3n) is 4.58. The first-order valence-corrected chi connectivity index (χ1v) is 9.37. The molecule has 0 atom stereocenters. The Kier molecular flexibility index (Phi) is 6.58. The van der Waals surface area contributed by atoms with Crippen molar-refractivity contribution >= 4 is 0 Å². The summed E-state index contributed by atoms with van der Waals surface area (Å²) >= 11 is 0. The number of hydrogen-bond donors (Lipinski definition) is 0. The van der Waals surface area contributed by atoms with Crippen LogP contribution in [-0.4, -0.2) is 6.18 Å². The molecule has 3 aromatic rings. The molecule has 0 spiro atoms. The fourth-order valence-electron chi connectivity index (χ4n) is 3.22. The van der Waals surface area contributed by atoms with Crippen LogP contribution < -0.4 is 0 Å². The van der Waals surface area contributed by atoms with Crippen LogP contribution in [0.5, 0.6) is 0 Å². The maximum atomic E-state index is 14.7. The Morgan fingerprint density at radius 1 is 0.719 bits per heavy atom. The van der Waals surface area contributed by atoms with Crippen LogP contribution in [0.15, 0.2) is 42.5 Å². The average molecular weight is 454 g/mol. The van der Waals surface area contributed by atoms with Crippen molar-refractivity contribution in [2.45, 2.75) is 25.9 Å². The van der Waals surface area contributed by atoms with Gasteiger partial charge in [-0.3, -0.25) is 0 Å². The lowest BCUT2D eigenvalue weighted by Crippen LogP contribution is -2.02. The van der Waals surface area contributed by atoms with Crippen molar-refractivity contribution in [1.82, 2.24) is 0 Å². The number of halogens is 8. The predicted octanol–water partition coefficient (Wildman–Crippen LogP) is 7.58. The number of alkyl halides is 3. The summed E-state index contributed by atoms with van der Waals surface area (Å²) in [6.45, 7) is 1.85. The molecule has 0 radical (unpaired) electrons. The second kappa shape index (κ2) is 9.03. The van der Waals surface area contributed by atoms with Crippen molar-refractivity contribution in [2.24, 2.45) is 0 Å². The Balaban J connectivity index is 2.02. The molecule has 0 nitrogen and oxygen atoms in total. The van der Waals surface area contributed by atoms with Crippen molar-refractivity contribution in [3.63, 3.8) is 0 Å². The topological polar surface area (TPSA) is 0 Å². The molecule has 8 heteroatoms. The largest absolute Gasteiger partial charge is 0.458 e. The molecule has 32 heavy (non-hydrogen) atoms. The Morgan fingerprint density at radius 2 is 1.28 bits per heavy atom. The monoisotopic (exact) mass is 454 g/mol. The number of aryl methyl sites for hydroxylation is 1. The van der Waals surface area contributed by atoms with Gasteiger partial charge >= 0.3 is 6.18 Å². The maximum absolute atomic E-state index is 14.7. The van der Waals surface area contributed by atoms with E-state index in [2.05, 4.69) is 0 Å². The number of benzene rings is 3. The van der Waals surface area contributed by atoms with E-state index in [4.69, 9.17) is 0 Å². The quantitative estimate of drug-likeness (QED) is 0.282. The van der Waals surface area contributed by atoms with Crippen molar-refractivity contribution in [2.75, 3.05) is 0 Å². The fraction of sp³-hybridized carbons (Fsp3) is 0.167. The molecule has 166 valence electrons. The summed E-state index contributed by atoms with van der Waals surface area (Å²) < 4.78 is 108. The lowest BCUT2D eigenvalue weighted by Gasteiger charge is -2.11. The fourth-order valence-corrected chi connectivity index (χ4v) is 3.22. The van der Waals surface area contributed by atoms with E-state index in [-0.39, 0.29) is 16.7 Å². The highest BCUT2D eigenvalue weighted by Gasteiger charge is 2.24. The van der Waals surface area contributed by atoms with Crippen LogP contribution in [0.1, 0.15) is 24.5 Å². The first-order chi connectivity index (χ1) is 15.0. The van der Waals surface area contributed by atoms with Gasteiger partial charge in [0.2, 0.25) is 0 Å². The van der Waals surface area contributed by atoms with Gasteiger partial charge in [0.15, 0.2) is 0 Å². The van der Waals surface area contributed by atoms with Crippen LogP contribution in [0.4, 0.5) is 35.1 Å². The van der Waals surface area contributed by atoms with Gasteiger partial charge in [-0.05, 0) is 53.4 Å². The normalized spacial score (nSPS) is 11.3. The summed E-state index contributed by atoms with van der Waals surface area (Å²) in [5.74, 6) is -3.50.